The van der Waals surface area contributed by atoms with Crippen LogP contribution in [-0.2, 0) is 0 Å². The molecule has 0 saturated carbocycles. The van der Waals surface area contributed by atoms with Gasteiger partial charge in [0, 0.05) is 17.6 Å². The Morgan fingerprint density at radius 2 is 1.94 bits per heavy atom. The van der Waals surface area contributed by atoms with Crippen molar-refractivity contribution in [2.45, 2.75) is 6.92 Å². The summed E-state index contributed by atoms with van der Waals surface area (Å²) in [6, 6.07) is 9.67. The smallest absolute Gasteiger partial charge is 0.148 e. The van der Waals surface area contributed by atoms with Gasteiger partial charge in [-0.2, -0.15) is 0 Å². The van der Waals surface area contributed by atoms with Gasteiger partial charge < -0.3 is 5.32 Å². The standard InChI is InChI=1S/C12H12ClN3/c1-8-3-4-9(7-10(8)13)11-5-6-12(14-2)16-15-11/h3-7H,1-2H3,(H,14,16). The van der Waals surface area contributed by atoms with Gasteiger partial charge in [-0.15, -0.1) is 10.2 Å². The minimum Gasteiger partial charge on any atom is -0.372 e. The maximum Gasteiger partial charge on any atom is 0.148 e. The van der Waals surface area contributed by atoms with Crippen LogP contribution in [0.5, 0.6) is 0 Å². The molecule has 2 rings (SSSR count). The molecule has 0 aliphatic heterocycles. The van der Waals surface area contributed by atoms with E-state index >= 15 is 0 Å². The minimum atomic E-state index is 0.747. The van der Waals surface area contributed by atoms with Crippen molar-refractivity contribution in [1.82, 2.24) is 10.2 Å². The van der Waals surface area contributed by atoms with Crippen LogP contribution in [0.1, 0.15) is 5.56 Å². The number of nitrogens with zero attached hydrogens (tertiary/aromatic N) is 2. The molecule has 1 aromatic carbocycles. The second-order valence-corrected chi connectivity index (χ2v) is 3.92. The summed E-state index contributed by atoms with van der Waals surface area (Å²) in [6.45, 7) is 1.97. The second kappa shape index (κ2) is 4.49. The topological polar surface area (TPSA) is 37.8 Å². The fourth-order valence-corrected chi connectivity index (χ4v) is 1.55. The van der Waals surface area contributed by atoms with Gasteiger partial charge in [-0.05, 0) is 30.7 Å². The van der Waals surface area contributed by atoms with Gasteiger partial charge in [0.25, 0.3) is 0 Å². The average molecular weight is 234 g/mol. The SMILES string of the molecule is CNc1ccc(-c2ccc(C)c(Cl)c2)nn1. The third-order valence-electron chi connectivity index (χ3n) is 2.39. The summed E-state index contributed by atoms with van der Waals surface area (Å²) in [5.74, 6) is 0.752. The zero-order valence-corrected chi connectivity index (χ0v) is 9.92. The predicted molar refractivity (Wildman–Crippen MR) is 66.8 cm³/mol. The van der Waals surface area contributed by atoms with E-state index in [0.29, 0.717) is 0 Å². The van der Waals surface area contributed by atoms with E-state index in [1.807, 2.05) is 44.3 Å². The van der Waals surface area contributed by atoms with Crippen LogP contribution in [0, 0.1) is 6.92 Å². The lowest BCUT2D eigenvalue weighted by molar-refractivity contribution is 1.04. The van der Waals surface area contributed by atoms with Crippen LogP contribution in [0.2, 0.25) is 5.02 Å². The molecular weight excluding hydrogens is 222 g/mol. The van der Waals surface area contributed by atoms with Gasteiger partial charge in [0.1, 0.15) is 5.82 Å². The van der Waals surface area contributed by atoms with Crippen LogP contribution < -0.4 is 5.32 Å². The maximum atomic E-state index is 6.06. The molecule has 3 nitrogen and oxygen atoms in total. The third-order valence-corrected chi connectivity index (χ3v) is 2.80. The Morgan fingerprint density at radius 1 is 1.12 bits per heavy atom. The van der Waals surface area contributed by atoms with Gasteiger partial charge in [0.15, 0.2) is 0 Å². The van der Waals surface area contributed by atoms with E-state index in [9.17, 15) is 0 Å². The van der Waals surface area contributed by atoms with Crippen molar-refractivity contribution < 1.29 is 0 Å². The van der Waals surface area contributed by atoms with Crippen molar-refractivity contribution in [1.29, 1.82) is 0 Å². The number of hydrogen-bond donors (Lipinski definition) is 1. The molecule has 0 saturated heterocycles. The molecule has 1 heterocycles. The molecule has 0 radical (unpaired) electrons. The summed E-state index contributed by atoms with van der Waals surface area (Å²) < 4.78 is 0. The molecule has 1 aromatic heterocycles. The third kappa shape index (κ3) is 2.14. The minimum absolute atomic E-state index is 0.747. The number of halogens is 1. The highest BCUT2D eigenvalue weighted by molar-refractivity contribution is 6.31. The van der Waals surface area contributed by atoms with Crippen molar-refractivity contribution >= 4 is 17.4 Å². The van der Waals surface area contributed by atoms with Crippen molar-refractivity contribution in [3.63, 3.8) is 0 Å². The van der Waals surface area contributed by atoms with Gasteiger partial charge in [0.2, 0.25) is 0 Å². The zero-order valence-electron chi connectivity index (χ0n) is 9.16. The van der Waals surface area contributed by atoms with Crippen molar-refractivity contribution in [3.8, 4) is 11.3 Å². The van der Waals surface area contributed by atoms with E-state index in [4.69, 9.17) is 11.6 Å². The second-order valence-electron chi connectivity index (χ2n) is 3.52. The Balaban J connectivity index is 2.38. The molecule has 0 aliphatic carbocycles. The first-order valence-corrected chi connectivity index (χ1v) is 5.36. The summed E-state index contributed by atoms with van der Waals surface area (Å²) in [5, 5.41) is 11.8. The molecule has 1 N–H and O–H groups in total. The van der Waals surface area contributed by atoms with Crippen LogP contribution in [0.15, 0.2) is 30.3 Å². The lowest BCUT2D eigenvalue weighted by atomic mass is 10.1. The first-order valence-electron chi connectivity index (χ1n) is 4.98. The molecule has 4 heteroatoms. The number of rotatable bonds is 2. The molecule has 0 unspecified atom stereocenters. The van der Waals surface area contributed by atoms with Gasteiger partial charge in [0.05, 0.1) is 5.69 Å². The summed E-state index contributed by atoms with van der Waals surface area (Å²) in [6.07, 6.45) is 0. The Labute approximate surface area is 99.5 Å². The predicted octanol–water partition coefficient (Wildman–Crippen LogP) is 3.15. The molecule has 0 atom stereocenters. The summed E-state index contributed by atoms with van der Waals surface area (Å²) >= 11 is 6.06. The van der Waals surface area contributed by atoms with Crippen LogP contribution in [0.25, 0.3) is 11.3 Å². The highest BCUT2D eigenvalue weighted by Crippen LogP contribution is 2.23. The van der Waals surface area contributed by atoms with Crippen LogP contribution in [0.3, 0.4) is 0 Å². The maximum absolute atomic E-state index is 6.06. The van der Waals surface area contributed by atoms with E-state index in [1.165, 1.54) is 0 Å². The number of aryl methyl sites for hydroxylation is 1. The molecule has 0 bridgehead atoms. The molecular formula is C12H12ClN3. The van der Waals surface area contributed by atoms with E-state index in [1.54, 1.807) is 0 Å². The Morgan fingerprint density at radius 3 is 2.50 bits per heavy atom. The van der Waals surface area contributed by atoms with E-state index < -0.39 is 0 Å². The number of benzene rings is 1. The molecule has 82 valence electrons. The summed E-state index contributed by atoms with van der Waals surface area (Å²) in [7, 11) is 1.81. The van der Waals surface area contributed by atoms with Crippen molar-refractivity contribution in [3.05, 3.63) is 40.9 Å². The summed E-state index contributed by atoms with van der Waals surface area (Å²) in [4.78, 5) is 0. The van der Waals surface area contributed by atoms with Gasteiger partial charge >= 0.3 is 0 Å². The van der Waals surface area contributed by atoms with Crippen molar-refractivity contribution in [2.75, 3.05) is 12.4 Å². The lowest BCUT2D eigenvalue weighted by Gasteiger charge is -2.03. The Hall–Kier alpha value is -1.61. The number of aromatic nitrogens is 2. The van der Waals surface area contributed by atoms with E-state index in [2.05, 4.69) is 15.5 Å². The van der Waals surface area contributed by atoms with Gasteiger partial charge in [-0.1, -0.05) is 23.7 Å². The number of anilines is 1. The molecule has 16 heavy (non-hydrogen) atoms. The van der Waals surface area contributed by atoms with Crippen LogP contribution in [-0.4, -0.2) is 17.2 Å². The normalized spacial score (nSPS) is 10.2. The van der Waals surface area contributed by atoms with Gasteiger partial charge in [-0.3, -0.25) is 0 Å². The highest BCUT2D eigenvalue weighted by Gasteiger charge is 2.02. The highest BCUT2D eigenvalue weighted by atomic mass is 35.5. The number of nitrogens with one attached hydrogen (secondary N) is 1. The monoisotopic (exact) mass is 233 g/mol. The molecule has 0 fully saturated rings. The zero-order chi connectivity index (χ0) is 11.5. The fourth-order valence-electron chi connectivity index (χ4n) is 1.37. The van der Waals surface area contributed by atoms with Crippen LogP contribution >= 0.6 is 11.6 Å². The fraction of sp³-hybridized carbons (Fsp3) is 0.167. The van der Waals surface area contributed by atoms with E-state index in [0.717, 1.165) is 27.7 Å². The lowest BCUT2D eigenvalue weighted by Crippen LogP contribution is -1.95. The largest absolute Gasteiger partial charge is 0.372 e. The quantitative estimate of drug-likeness (QED) is 0.866. The molecule has 2 aromatic rings. The molecule has 0 spiro atoms. The first-order chi connectivity index (χ1) is 7.70. The number of hydrogen-bond acceptors (Lipinski definition) is 3. The van der Waals surface area contributed by atoms with Crippen LogP contribution in [0.4, 0.5) is 5.82 Å². The Bertz CT molecular complexity index is 494. The Kier molecular flexibility index (Phi) is 3.06. The molecule has 0 aliphatic rings. The molecule has 0 amide bonds. The van der Waals surface area contributed by atoms with E-state index in [-0.39, 0.29) is 0 Å². The van der Waals surface area contributed by atoms with Gasteiger partial charge in [-0.25, -0.2) is 0 Å². The first kappa shape index (κ1) is 10.9. The average Bonchev–Trinajstić information content (AvgIpc) is 2.33. The summed E-state index contributed by atoms with van der Waals surface area (Å²) in [5.41, 5.74) is 2.86. The van der Waals surface area contributed by atoms with Crippen molar-refractivity contribution in [2.24, 2.45) is 0 Å².